The maximum Gasteiger partial charge on any atom is 0.119 e. The minimum absolute atomic E-state index is 0.00367. The van der Waals surface area contributed by atoms with Crippen molar-refractivity contribution in [1.82, 2.24) is 0 Å². The molecule has 1 fully saturated rings. The van der Waals surface area contributed by atoms with E-state index < -0.39 is 0 Å². The van der Waals surface area contributed by atoms with E-state index >= 15 is 0 Å². The van der Waals surface area contributed by atoms with Crippen LogP contribution >= 0.6 is 0 Å². The molecule has 0 saturated heterocycles. The fourth-order valence-corrected chi connectivity index (χ4v) is 4.80. The minimum atomic E-state index is -0.00367. The molecule has 0 heterocycles. The lowest BCUT2D eigenvalue weighted by Crippen LogP contribution is -2.46. The van der Waals surface area contributed by atoms with Crippen molar-refractivity contribution >= 4 is 5.76 Å². The molecule has 0 aliphatic heterocycles. The van der Waals surface area contributed by atoms with Crippen LogP contribution < -0.4 is 0 Å². The normalized spacial score (nSPS) is 29.7. The van der Waals surface area contributed by atoms with Crippen LogP contribution in [0.25, 0.3) is 5.76 Å². The molecular formula is C20H28O2. The van der Waals surface area contributed by atoms with Gasteiger partial charge in [0.25, 0.3) is 0 Å². The molecule has 0 radical (unpaired) electrons. The van der Waals surface area contributed by atoms with Gasteiger partial charge in [-0.15, -0.1) is 0 Å². The summed E-state index contributed by atoms with van der Waals surface area (Å²) < 4.78 is 0. The van der Waals surface area contributed by atoms with Gasteiger partial charge in [-0.05, 0) is 59.4 Å². The predicted octanol–water partition coefficient (Wildman–Crippen LogP) is 5.51. The lowest BCUT2D eigenvalue weighted by Gasteiger charge is -2.52. The quantitative estimate of drug-likeness (QED) is 0.717. The zero-order chi connectivity index (χ0) is 16.3. The highest BCUT2D eigenvalue weighted by Gasteiger charge is 2.49. The van der Waals surface area contributed by atoms with Crippen LogP contribution in [0.15, 0.2) is 18.2 Å². The zero-order valence-corrected chi connectivity index (χ0v) is 14.4. The summed E-state index contributed by atoms with van der Waals surface area (Å²) >= 11 is 0. The fraction of sp³-hybridized carbons (Fsp3) is 0.600. The van der Waals surface area contributed by atoms with Crippen molar-refractivity contribution in [1.29, 1.82) is 0 Å². The topological polar surface area (TPSA) is 40.5 Å². The first-order valence-corrected chi connectivity index (χ1v) is 8.45. The second-order valence-electron chi connectivity index (χ2n) is 8.40. The molecule has 1 aromatic rings. The Balaban J connectivity index is 2.23. The van der Waals surface area contributed by atoms with Crippen molar-refractivity contribution in [3.8, 4) is 5.75 Å². The highest BCUT2D eigenvalue weighted by Crippen LogP contribution is 2.57. The number of rotatable bonds is 1. The first-order valence-electron chi connectivity index (χ1n) is 8.45. The highest BCUT2D eigenvalue weighted by atomic mass is 16.3. The van der Waals surface area contributed by atoms with Crippen LogP contribution in [0.4, 0.5) is 0 Å². The van der Waals surface area contributed by atoms with E-state index in [1.165, 1.54) is 12.8 Å². The number of aromatic hydroxyl groups is 1. The van der Waals surface area contributed by atoms with Crippen LogP contribution in [-0.4, -0.2) is 10.2 Å². The van der Waals surface area contributed by atoms with Crippen LogP contribution in [0.2, 0.25) is 0 Å². The van der Waals surface area contributed by atoms with Crippen molar-refractivity contribution in [2.24, 2.45) is 11.3 Å². The average Bonchev–Trinajstić information content (AvgIpc) is 2.41. The van der Waals surface area contributed by atoms with Crippen molar-refractivity contribution in [3.05, 3.63) is 34.9 Å². The second-order valence-corrected chi connectivity index (χ2v) is 8.40. The summed E-state index contributed by atoms with van der Waals surface area (Å²) in [5.41, 5.74) is 3.11. The molecule has 0 aromatic heterocycles. The van der Waals surface area contributed by atoms with Crippen molar-refractivity contribution < 1.29 is 10.2 Å². The molecule has 2 aliphatic carbocycles. The van der Waals surface area contributed by atoms with Gasteiger partial charge in [-0.1, -0.05) is 41.0 Å². The highest BCUT2D eigenvalue weighted by molar-refractivity contribution is 5.70. The van der Waals surface area contributed by atoms with Gasteiger partial charge in [0.2, 0.25) is 0 Å². The third-order valence-corrected chi connectivity index (χ3v) is 6.05. The van der Waals surface area contributed by atoms with Gasteiger partial charge in [0.15, 0.2) is 0 Å². The van der Waals surface area contributed by atoms with Gasteiger partial charge in [0.05, 0.1) is 0 Å². The number of hydrogen-bond donors (Lipinski definition) is 2. The molecule has 2 atom stereocenters. The van der Waals surface area contributed by atoms with Gasteiger partial charge in [-0.2, -0.15) is 0 Å². The Morgan fingerprint density at radius 3 is 2.41 bits per heavy atom. The van der Waals surface area contributed by atoms with Crippen molar-refractivity contribution in [2.45, 2.75) is 65.2 Å². The predicted molar refractivity (Wildman–Crippen MR) is 91.3 cm³/mol. The van der Waals surface area contributed by atoms with Crippen LogP contribution in [0.3, 0.4) is 0 Å². The Kier molecular flexibility index (Phi) is 3.36. The third kappa shape index (κ3) is 2.07. The Morgan fingerprint density at radius 2 is 1.77 bits per heavy atom. The van der Waals surface area contributed by atoms with Crippen LogP contribution in [0, 0.1) is 11.3 Å². The average molecular weight is 300 g/mol. The number of aliphatic hydroxyl groups is 1. The van der Waals surface area contributed by atoms with Gasteiger partial charge < -0.3 is 10.2 Å². The summed E-state index contributed by atoms with van der Waals surface area (Å²) in [5.74, 6) is 1.30. The maximum atomic E-state index is 10.6. The summed E-state index contributed by atoms with van der Waals surface area (Å²) in [4.78, 5) is 0. The third-order valence-electron chi connectivity index (χ3n) is 6.05. The van der Waals surface area contributed by atoms with E-state index in [-0.39, 0.29) is 16.7 Å². The molecule has 2 heteroatoms. The number of aliphatic hydroxyl groups excluding tert-OH is 1. The van der Waals surface area contributed by atoms with Crippen molar-refractivity contribution in [3.63, 3.8) is 0 Å². The molecule has 120 valence electrons. The number of allylic oxidation sites excluding steroid dienone is 1. The molecule has 3 rings (SSSR count). The number of phenolic OH excluding ortho intramolecular Hbond substituents is 1. The Hall–Kier alpha value is -1.44. The molecule has 2 aliphatic rings. The fourth-order valence-electron chi connectivity index (χ4n) is 4.80. The van der Waals surface area contributed by atoms with E-state index in [0.29, 0.717) is 17.4 Å². The van der Waals surface area contributed by atoms with Gasteiger partial charge in [0.1, 0.15) is 11.5 Å². The first kappa shape index (κ1) is 15.5. The first-order chi connectivity index (χ1) is 10.2. The SMILES string of the molecule is CC(C)c1cc2c(cc1O)[C@@]1(C)CCCC(C)(C)[C@@H]1C=C2O. The van der Waals surface area contributed by atoms with E-state index in [4.69, 9.17) is 0 Å². The van der Waals surface area contributed by atoms with Gasteiger partial charge in [-0.3, -0.25) is 0 Å². The lowest BCUT2D eigenvalue weighted by molar-refractivity contribution is 0.0882. The summed E-state index contributed by atoms with van der Waals surface area (Å²) in [6.07, 6.45) is 5.56. The zero-order valence-electron chi connectivity index (χ0n) is 14.4. The molecule has 0 amide bonds. The largest absolute Gasteiger partial charge is 0.508 e. The van der Waals surface area contributed by atoms with Gasteiger partial charge in [-0.25, -0.2) is 0 Å². The Labute approximate surface area is 133 Å². The molecule has 22 heavy (non-hydrogen) atoms. The number of phenols is 1. The minimum Gasteiger partial charge on any atom is -0.508 e. The Morgan fingerprint density at radius 1 is 1.09 bits per heavy atom. The van der Waals surface area contributed by atoms with Gasteiger partial charge >= 0.3 is 0 Å². The summed E-state index contributed by atoms with van der Waals surface area (Å²) in [5, 5.41) is 21.1. The van der Waals surface area contributed by atoms with Crippen LogP contribution in [0.5, 0.6) is 5.75 Å². The monoisotopic (exact) mass is 300 g/mol. The molecule has 2 nitrogen and oxygen atoms in total. The Bertz CT molecular complexity index is 639. The van der Waals surface area contributed by atoms with Crippen LogP contribution in [-0.2, 0) is 5.41 Å². The summed E-state index contributed by atoms with van der Waals surface area (Å²) in [7, 11) is 0. The standard InChI is InChI=1S/C20H28O2/c1-12(2)13-9-14-15(10-16(13)21)20(5)8-6-7-19(3,4)18(20)11-17(14)22/h9-12,18,21-22H,6-8H2,1-5H3/t18-,20+/m0/s1. The smallest absolute Gasteiger partial charge is 0.119 e. The second kappa shape index (κ2) is 4.78. The molecule has 0 bridgehead atoms. The van der Waals surface area contributed by atoms with Gasteiger partial charge in [0, 0.05) is 11.0 Å². The number of benzene rings is 1. The molecule has 1 saturated carbocycles. The van der Waals surface area contributed by atoms with E-state index in [0.717, 1.165) is 23.1 Å². The number of fused-ring (bicyclic) bond motifs is 3. The van der Waals surface area contributed by atoms with Crippen LogP contribution in [0.1, 0.15) is 76.5 Å². The maximum absolute atomic E-state index is 10.6. The lowest BCUT2D eigenvalue weighted by atomic mass is 9.52. The van der Waals surface area contributed by atoms with E-state index in [9.17, 15) is 10.2 Å². The van der Waals surface area contributed by atoms with E-state index in [2.05, 4.69) is 40.7 Å². The molecular weight excluding hydrogens is 272 g/mol. The molecule has 2 N–H and O–H groups in total. The number of hydrogen-bond acceptors (Lipinski definition) is 2. The summed E-state index contributed by atoms with van der Waals surface area (Å²) in [6.45, 7) is 11.0. The summed E-state index contributed by atoms with van der Waals surface area (Å²) in [6, 6.07) is 3.91. The molecule has 1 aromatic carbocycles. The molecule has 0 unspecified atom stereocenters. The van der Waals surface area contributed by atoms with E-state index in [1.54, 1.807) is 0 Å². The van der Waals surface area contributed by atoms with Crippen molar-refractivity contribution in [2.75, 3.05) is 0 Å². The van der Waals surface area contributed by atoms with E-state index in [1.807, 2.05) is 12.1 Å². The molecule has 0 spiro atoms.